The molecule has 0 aliphatic rings. The van der Waals surface area contributed by atoms with E-state index in [1.54, 1.807) is 6.07 Å². The second kappa shape index (κ2) is 11.2. The molecule has 29 heavy (non-hydrogen) atoms. The SMILES string of the molecule is CCC(C)c1ccc(OCC(=O)NNC(=O)COc2ccc(Br)c(C)c2)c(Br)c1. The lowest BCUT2D eigenvalue weighted by Gasteiger charge is -2.13. The van der Waals surface area contributed by atoms with Crippen LogP contribution in [0.4, 0.5) is 0 Å². The van der Waals surface area contributed by atoms with Gasteiger partial charge in [-0.2, -0.15) is 0 Å². The first-order chi connectivity index (χ1) is 13.8. The minimum Gasteiger partial charge on any atom is -0.484 e. The Kier molecular flexibility index (Phi) is 8.98. The van der Waals surface area contributed by atoms with Crippen LogP contribution in [-0.2, 0) is 9.59 Å². The molecule has 2 amide bonds. The zero-order valence-electron chi connectivity index (χ0n) is 16.6. The summed E-state index contributed by atoms with van der Waals surface area (Å²) in [5.41, 5.74) is 6.79. The van der Waals surface area contributed by atoms with Crippen molar-refractivity contribution >= 4 is 43.7 Å². The summed E-state index contributed by atoms with van der Waals surface area (Å²) in [7, 11) is 0. The van der Waals surface area contributed by atoms with Gasteiger partial charge in [0.25, 0.3) is 11.8 Å². The molecule has 0 saturated carbocycles. The smallest absolute Gasteiger partial charge is 0.276 e. The standard InChI is InChI=1S/C21H24Br2N2O4/c1-4-13(2)15-5-8-19(18(23)10-15)29-12-21(27)25-24-20(26)11-28-16-6-7-17(22)14(3)9-16/h5-10,13H,4,11-12H2,1-3H3,(H,24,26)(H,25,27). The summed E-state index contributed by atoms with van der Waals surface area (Å²) in [6.45, 7) is 5.76. The number of hydrogen-bond acceptors (Lipinski definition) is 4. The summed E-state index contributed by atoms with van der Waals surface area (Å²) in [6.07, 6.45) is 1.04. The first-order valence-electron chi connectivity index (χ1n) is 9.19. The summed E-state index contributed by atoms with van der Waals surface area (Å²) in [4.78, 5) is 23.7. The Morgan fingerprint density at radius 3 is 2.21 bits per heavy atom. The average Bonchev–Trinajstić information content (AvgIpc) is 2.71. The van der Waals surface area contributed by atoms with Crippen molar-refractivity contribution in [2.24, 2.45) is 0 Å². The van der Waals surface area contributed by atoms with Gasteiger partial charge in [0, 0.05) is 4.47 Å². The van der Waals surface area contributed by atoms with Gasteiger partial charge in [-0.3, -0.25) is 20.4 Å². The molecule has 1 unspecified atom stereocenters. The van der Waals surface area contributed by atoms with Crippen molar-refractivity contribution in [3.05, 3.63) is 56.5 Å². The van der Waals surface area contributed by atoms with Gasteiger partial charge in [-0.25, -0.2) is 0 Å². The Balaban J connectivity index is 1.73. The van der Waals surface area contributed by atoms with E-state index in [0.29, 0.717) is 17.4 Å². The Bertz CT molecular complexity index is 874. The normalized spacial score (nSPS) is 11.5. The van der Waals surface area contributed by atoms with Gasteiger partial charge in [0.05, 0.1) is 4.47 Å². The highest BCUT2D eigenvalue weighted by Gasteiger charge is 2.10. The van der Waals surface area contributed by atoms with E-state index in [9.17, 15) is 9.59 Å². The van der Waals surface area contributed by atoms with E-state index in [2.05, 4.69) is 56.6 Å². The molecule has 156 valence electrons. The Morgan fingerprint density at radius 2 is 1.62 bits per heavy atom. The van der Waals surface area contributed by atoms with Crippen LogP contribution in [0.3, 0.4) is 0 Å². The van der Waals surface area contributed by atoms with Crippen LogP contribution in [0, 0.1) is 6.92 Å². The number of benzene rings is 2. The van der Waals surface area contributed by atoms with Gasteiger partial charge in [-0.05, 0) is 76.7 Å². The highest BCUT2D eigenvalue weighted by atomic mass is 79.9. The van der Waals surface area contributed by atoms with Crippen molar-refractivity contribution in [1.82, 2.24) is 10.9 Å². The summed E-state index contributed by atoms with van der Waals surface area (Å²) in [6, 6.07) is 11.2. The predicted octanol–water partition coefficient (Wildman–Crippen LogP) is 4.64. The molecule has 0 fully saturated rings. The first kappa shape index (κ1) is 23.2. The molecule has 2 aromatic carbocycles. The topological polar surface area (TPSA) is 76.7 Å². The minimum atomic E-state index is -0.476. The molecule has 0 aliphatic carbocycles. The largest absolute Gasteiger partial charge is 0.484 e. The maximum Gasteiger partial charge on any atom is 0.276 e. The van der Waals surface area contributed by atoms with Crippen molar-refractivity contribution in [3.63, 3.8) is 0 Å². The first-order valence-corrected chi connectivity index (χ1v) is 10.8. The third-order valence-corrected chi connectivity index (χ3v) is 5.85. The van der Waals surface area contributed by atoms with Gasteiger partial charge in [0.1, 0.15) is 11.5 Å². The fourth-order valence-corrected chi connectivity index (χ4v) is 3.14. The zero-order valence-corrected chi connectivity index (χ0v) is 19.7. The van der Waals surface area contributed by atoms with Crippen LogP contribution < -0.4 is 20.3 Å². The number of carbonyl (C=O) groups is 2. The summed E-state index contributed by atoms with van der Waals surface area (Å²) < 4.78 is 12.6. The van der Waals surface area contributed by atoms with Gasteiger partial charge in [-0.15, -0.1) is 0 Å². The van der Waals surface area contributed by atoms with E-state index in [4.69, 9.17) is 9.47 Å². The monoisotopic (exact) mass is 526 g/mol. The van der Waals surface area contributed by atoms with Crippen LogP contribution in [0.15, 0.2) is 45.3 Å². The summed E-state index contributed by atoms with van der Waals surface area (Å²) >= 11 is 6.87. The molecule has 6 nitrogen and oxygen atoms in total. The van der Waals surface area contributed by atoms with E-state index in [1.165, 1.54) is 5.56 Å². The van der Waals surface area contributed by atoms with Crippen molar-refractivity contribution in [2.45, 2.75) is 33.1 Å². The Morgan fingerprint density at radius 1 is 0.966 bits per heavy atom. The van der Waals surface area contributed by atoms with Crippen LogP contribution in [0.1, 0.15) is 37.3 Å². The number of halogens is 2. The van der Waals surface area contributed by atoms with Crippen LogP contribution >= 0.6 is 31.9 Å². The van der Waals surface area contributed by atoms with Crippen LogP contribution in [-0.4, -0.2) is 25.0 Å². The van der Waals surface area contributed by atoms with E-state index in [-0.39, 0.29) is 13.2 Å². The third kappa shape index (κ3) is 7.36. The average molecular weight is 528 g/mol. The molecule has 1 atom stereocenters. The maximum absolute atomic E-state index is 11.9. The lowest BCUT2D eigenvalue weighted by atomic mass is 9.99. The number of amides is 2. The summed E-state index contributed by atoms with van der Waals surface area (Å²) in [5.74, 6) is 0.629. The number of hydrogen-bond donors (Lipinski definition) is 2. The predicted molar refractivity (Wildman–Crippen MR) is 119 cm³/mol. The molecule has 2 aromatic rings. The molecule has 0 spiro atoms. The molecule has 0 radical (unpaired) electrons. The molecule has 0 bridgehead atoms. The van der Waals surface area contributed by atoms with Crippen molar-refractivity contribution in [3.8, 4) is 11.5 Å². The minimum absolute atomic E-state index is 0.217. The molecule has 0 aromatic heterocycles. The molecule has 0 saturated heterocycles. The molecule has 2 N–H and O–H groups in total. The molecular formula is C21H24Br2N2O4. The Hall–Kier alpha value is -2.06. The molecular weight excluding hydrogens is 504 g/mol. The lowest BCUT2D eigenvalue weighted by molar-refractivity contribution is -0.131. The van der Waals surface area contributed by atoms with E-state index in [1.807, 2.05) is 37.3 Å². The number of ether oxygens (including phenoxy) is 2. The number of hydrazine groups is 1. The molecule has 0 aliphatic heterocycles. The maximum atomic E-state index is 11.9. The van der Waals surface area contributed by atoms with Gasteiger partial charge in [0.2, 0.25) is 0 Å². The van der Waals surface area contributed by atoms with E-state index >= 15 is 0 Å². The number of rotatable bonds is 8. The van der Waals surface area contributed by atoms with Crippen LogP contribution in [0.5, 0.6) is 11.5 Å². The van der Waals surface area contributed by atoms with Crippen molar-refractivity contribution in [2.75, 3.05) is 13.2 Å². The molecule has 8 heteroatoms. The van der Waals surface area contributed by atoms with Crippen molar-refractivity contribution < 1.29 is 19.1 Å². The summed E-state index contributed by atoms with van der Waals surface area (Å²) in [5, 5.41) is 0. The van der Waals surface area contributed by atoms with Gasteiger partial charge < -0.3 is 9.47 Å². The van der Waals surface area contributed by atoms with Crippen molar-refractivity contribution in [1.29, 1.82) is 0 Å². The molecule has 2 rings (SSSR count). The number of aryl methyl sites for hydroxylation is 1. The van der Waals surface area contributed by atoms with Gasteiger partial charge in [0.15, 0.2) is 13.2 Å². The van der Waals surface area contributed by atoms with E-state index < -0.39 is 11.8 Å². The van der Waals surface area contributed by atoms with E-state index in [0.717, 1.165) is 20.9 Å². The molecule has 0 heterocycles. The third-order valence-electron chi connectivity index (χ3n) is 4.34. The second-order valence-electron chi connectivity index (χ2n) is 6.58. The van der Waals surface area contributed by atoms with Gasteiger partial charge >= 0.3 is 0 Å². The quantitative estimate of drug-likeness (QED) is 0.490. The lowest BCUT2D eigenvalue weighted by Crippen LogP contribution is -2.45. The Labute approximate surface area is 187 Å². The number of nitrogens with one attached hydrogen (secondary N) is 2. The van der Waals surface area contributed by atoms with Crippen LogP contribution in [0.25, 0.3) is 0 Å². The highest BCUT2D eigenvalue weighted by molar-refractivity contribution is 9.10. The van der Waals surface area contributed by atoms with Crippen LogP contribution in [0.2, 0.25) is 0 Å². The highest BCUT2D eigenvalue weighted by Crippen LogP contribution is 2.30. The number of carbonyl (C=O) groups excluding carboxylic acids is 2. The fourth-order valence-electron chi connectivity index (χ4n) is 2.39. The zero-order chi connectivity index (χ0) is 21.4. The fraction of sp³-hybridized carbons (Fsp3) is 0.333. The van der Waals surface area contributed by atoms with Gasteiger partial charge in [-0.1, -0.05) is 35.8 Å². The second-order valence-corrected chi connectivity index (χ2v) is 8.29.